The molecule has 2 saturated heterocycles. The van der Waals surface area contributed by atoms with Gasteiger partial charge in [-0.15, -0.1) is 0 Å². The van der Waals surface area contributed by atoms with Gasteiger partial charge in [-0.1, -0.05) is 12.2 Å². The summed E-state index contributed by atoms with van der Waals surface area (Å²) in [6.45, 7) is 12.3. The molecular formula is C19H32N2O4. The molecule has 0 aromatic rings. The van der Waals surface area contributed by atoms with Crippen molar-refractivity contribution in [1.29, 1.82) is 0 Å². The van der Waals surface area contributed by atoms with Crippen LogP contribution in [-0.4, -0.2) is 59.8 Å². The molecule has 2 aliphatic rings. The van der Waals surface area contributed by atoms with Crippen LogP contribution >= 0.6 is 0 Å². The molecule has 6 heteroatoms. The standard InChI is InChI=1S/C19H32N2O4/c1-7-9-13-10-14(18(23)25-19(4,5)6)21-11-15(24-8-2)16(17(13)21)20-12(3)22/h7,9,13-17H,8,10-11H2,1-6H3,(H,20,22)/b9-7-/t13-,14-,15+,16+,17-/m1/s1. The van der Waals surface area contributed by atoms with E-state index in [1.807, 2.05) is 40.7 Å². The highest BCUT2D eigenvalue weighted by Crippen LogP contribution is 2.40. The maximum Gasteiger partial charge on any atom is 0.323 e. The van der Waals surface area contributed by atoms with Crippen molar-refractivity contribution in [1.82, 2.24) is 10.2 Å². The van der Waals surface area contributed by atoms with Gasteiger partial charge in [0.05, 0.1) is 12.1 Å². The molecule has 25 heavy (non-hydrogen) atoms. The SMILES string of the molecule is C/C=C\[C@@H]1C[C@H](C(=O)OC(C)(C)C)N2C[C@H](OCC)[C@H](NC(C)=O)[C@@H]12. The van der Waals surface area contributed by atoms with Crippen molar-refractivity contribution in [2.75, 3.05) is 13.2 Å². The lowest BCUT2D eigenvalue weighted by Gasteiger charge is -2.28. The van der Waals surface area contributed by atoms with Gasteiger partial charge in [0.15, 0.2) is 0 Å². The first-order chi connectivity index (χ1) is 11.7. The first kappa shape index (κ1) is 19.9. The van der Waals surface area contributed by atoms with Crippen LogP contribution < -0.4 is 5.32 Å². The van der Waals surface area contributed by atoms with Crippen LogP contribution in [0.4, 0.5) is 0 Å². The van der Waals surface area contributed by atoms with E-state index in [0.717, 1.165) is 0 Å². The Bertz CT molecular complexity index is 526. The molecule has 142 valence electrons. The first-order valence-corrected chi connectivity index (χ1v) is 9.18. The van der Waals surface area contributed by atoms with E-state index >= 15 is 0 Å². The lowest BCUT2D eigenvalue weighted by molar-refractivity contribution is -0.160. The van der Waals surface area contributed by atoms with Crippen LogP contribution in [0.2, 0.25) is 0 Å². The molecule has 1 amide bonds. The van der Waals surface area contributed by atoms with Crippen LogP contribution in [0, 0.1) is 5.92 Å². The number of fused-ring (bicyclic) bond motifs is 1. The van der Waals surface area contributed by atoms with E-state index in [-0.39, 0.29) is 42.0 Å². The third-order valence-corrected chi connectivity index (χ3v) is 4.75. The fourth-order valence-corrected chi connectivity index (χ4v) is 4.07. The lowest BCUT2D eigenvalue weighted by atomic mass is 9.92. The predicted molar refractivity (Wildman–Crippen MR) is 96.1 cm³/mol. The number of esters is 1. The molecule has 2 aliphatic heterocycles. The van der Waals surface area contributed by atoms with Crippen LogP contribution in [0.3, 0.4) is 0 Å². The Hall–Kier alpha value is -1.40. The van der Waals surface area contributed by atoms with Gasteiger partial charge in [-0.3, -0.25) is 14.5 Å². The average Bonchev–Trinajstić information content (AvgIpc) is 2.97. The van der Waals surface area contributed by atoms with E-state index in [1.165, 1.54) is 6.92 Å². The van der Waals surface area contributed by atoms with Gasteiger partial charge in [0, 0.05) is 26.1 Å². The molecule has 2 heterocycles. The Kier molecular flexibility index (Phi) is 6.27. The summed E-state index contributed by atoms with van der Waals surface area (Å²) in [5, 5.41) is 3.05. The van der Waals surface area contributed by atoms with Crippen molar-refractivity contribution in [2.45, 2.75) is 77.8 Å². The number of allylic oxidation sites excluding steroid dienone is 1. The fraction of sp³-hybridized carbons (Fsp3) is 0.789. The molecule has 0 aromatic carbocycles. The number of ether oxygens (including phenoxy) is 2. The second-order valence-corrected chi connectivity index (χ2v) is 7.88. The number of carbonyl (C=O) groups excluding carboxylic acids is 2. The number of carbonyl (C=O) groups is 2. The normalized spacial score (nSPS) is 32.8. The zero-order chi connectivity index (χ0) is 18.8. The quantitative estimate of drug-likeness (QED) is 0.604. The summed E-state index contributed by atoms with van der Waals surface area (Å²) in [6, 6.07) is -0.368. The van der Waals surface area contributed by atoms with Gasteiger partial charge in [-0.05, 0) is 47.0 Å². The van der Waals surface area contributed by atoms with E-state index < -0.39 is 5.60 Å². The zero-order valence-corrected chi connectivity index (χ0v) is 16.2. The number of hydrogen-bond donors (Lipinski definition) is 1. The topological polar surface area (TPSA) is 67.9 Å². The number of hydrogen-bond acceptors (Lipinski definition) is 5. The summed E-state index contributed by atoms with van der Waals surface area (Å²) in [5.41, 5.74) is -0.513. The summed E-state index contributed by atoms with van der Waals surface area (Å²) >= 11 is 0. The smallest absolute Gasteiger partial charge is 0.323 e. The van der Waals surface area contributed by atoms with E-state index in [2.05, 4.69) is 16.3 Å². The highest BCUT2D eigenvalue weighted by molar-refractivity contribution is 5.77. The van der Waals surface area contributed by atoms with Gasteiger partial charge in [0.1, 0.15) is 11.6 Å². The van der Waals surface area contributed by atoms with E-state index in [0.29, 0.717) is 19.6 Å². The monoisotopic (exact) mass is 352 g/mol. The summed E-state index contributed by atoms with van der Waals surface area (Å²) in [6.07, 6.45) is 4.74. The summed E-state index contributed by atoms with van der Waals surface area (Å²) in [4.78, 5) is 26.6. The third-order valence-electron chi connectivity index (χ3n) is 4.75. The van der Waals surface area contributed by atoms with Crippen molar-refractivity contribution in [2.24, 2.45) is 5.92 Å². The molecule has 0 spiro atoms. The van der Waals surface area contributed by atoms with Gasteiger partial charge in [-0.25, -0.2) is 0 Å². The van der Waals surface area contributed by atoms with Gasteiger partial charge >= 0.3 is 5.97 Å². The maximum absolute atomic E-state index is 12.7. The average molecular weight is 352 g/mol. The van der Waals surface area contributed by atoms with Gasteiger partial charge in [0.25, 0.3) is 0 Å². The van der Waals surface area contributed by atoms with Gasteiger partial charge < -0.3 is 14.8 Å². The molecule has 0 radical (unpaired) electrons. The predicted octanol–water partition coefficient (Wildman–Crippen LogP) is 1.89. The number of nitrogens with zero attached hydrogens (tertiary/aromatic N) is 1. The van der Waals surface area contributed by atoms with Crippen molar-refractivity contribution in [3.63, 3.8) is 0 Å². The van der Waals surface area contributed by atoms with Crippen LogP contribution in [-0.2, 0) is 19.1 Å². The number of nitrogens with one attached hydrogen (secondary N) is 1. The highest BCUT2D eigenvalue weighted by atomic mass is 16.6. The molecular weight excluding hydrogens is 320 g/mol. The molecule has 2 rings (SSSR count). The van der Waals surface area contributed by atoms with Crippen molar-refractivity contribution >= 4 is 11.9 Å². The second-order valence-electron chi connectivity index (χ2n) is 7.88. The first-order valence-electron chi connectivity index (χ1n) is 9.18. The molecule has 6 nitrogen and oxygen atoms in total. The van der Waals surface area contributed by atoms with Crippen LogP contribution in [0.1, 0.15) is 48.0 Å². The molecule has 0 unspecified atom stereocenters. The van der Waals surface area contributed by atoms with Crippen LogP contribution in [0.25, 0.3) is 0 Å². The minimum Gasteiger partial charge on any atom is -0.459 e. The zero-order valence-electron chi connectivity index (χ0n) is 16.2. The highest BCUT2D eigenvalue weighted by Gasteiger charge is 2.55. The molecule has 0 aliphatic carbocycles. The molecule has 0 aromatic heterocycles. The van der Waals surface area contributed by atoms with E-state index in [9.17, 15) is 9.59 Å². The Morgan fingerprint density at radius 3 is 2.52 bits per heavy atom. The summed E-state index contributed by atoms with van der Waals surface area (Å²) < 4.78 is 11.5. The minimum atomic E-state index is -0.513. The second kappa shape index (κ2) is 7.87. The summed E-state index contributed by atoms with van der Waals surface area (Å²) in [5.74, 6) is -0.0791. The molecule has 2 fully saturated rings. The van der Waals surface area contributed by atoms with E-state index in [4.69, 9.17) is 9.47 Å². The van der Waals surface area contributed by atoms with Gasteiger partial charge in [0.2, 0.25) is 5.91 Å². The van der Waals surface area contributed by atoms with Crippen LogP contribution in [0.15, 0.2) is 12.2 Å². The Morgan fingerprint density at radius 2 is 2.00 bits per heavy atom. The van der Waals surface area contributed by atoms with Crippen LogP contribution in [0.5, 0.6) is 0 Å². The van der Waals surface area contributed by atoms with Gasteiger partial charge in [-0.2, -0.15) is 0 Å². The van der Waals surface area contributed by atoms with Crippen molar-refractivity contribution < 1.29 is 19.1 Å². The molecule has 1 N–H and O–H groups in total. The fourth-order valence-electron chi connectivity index (χ4n) is 4.07. The third kappa shape index (κ3) is 4.61. The van der Waals surface area contributed by atoms with Crippen molar-refractivity contribution in [3.05, 3.63) is 12.2 Å². The minimum absolute atomic E-state index is 0.0502. The molecule has 5 atom stereocenters. The summed E-state index contributed by atoms with van der Waals surface area (Å²) in [7, 11) is 0. The Labute approximate surface area is 150 Å². The largest absolute Gasteiger partial charge is 0.459 e. The number of amides is 1. The Morgan fingerprint density at radius 1 is 1.32 bits per heavy atom. The Balaban J connectivity index is 2.27. The maximum atomic E-state index is 12.7. The lowest BCUT2D eigenvalue weighted by Crippen LogP contribution is -2.49. The van der Waals surface area contributed by atoms with E-state index in [1.54, 1.807) is 0 Å². The molecule has 0 bridgehead atoms. The number of rotatable bonds is 5. The molecule has 0 saturated carbocycles. The van der Waals surface area contributed by atoms with Crippen molar-refractivity contribution in [3.8, 4) is 0 Å².